The van der Waals surface area contributed by atoms with E-state index in [-0.39, 0.29) is 11.3 Å². The summed E-state index contributed by atoms with van der Waals surface area (Å²) in [6, 6.07) is 20.1. The minimum absolute atomic E-state index is 0.0317. The maximum absolute atomic E-state index is 13.5. The molecule has 1 saturated heterocycles. The van der Waals surface area contributed by atoms with E-state index >= 15 is 0 Å². The number of carbonyl (C=O) groups excluding carboxylic acids is 2. The van der Waals surface area contributed by atoms with Crippen molar-refractivity contribution in [1.82, 2.24) is 0 Å². The Morgan fingerprint density at radius 2 is 1.52 bits per heavy atom. The van der Waals surface area contributed by atoms with Crippen LogP contribution in [0.2, 0.25) is 0 Å². The lowest BCUT2D eigenvalue weighted by molar-refractivity contribution is -0.132. The standard InChI is InChI=1S/C23H15BrFNO3/c24-16-8-12-18(13-9-16)26-20(14-6-10-17(25)11-7-14)19(22(28)23(26)29)21(27)15-4-2-1-3-5-15/h1-13,20,27H/b21-19+. The van der Waals surface area contributed by atoms with Crippen molar-refractivity contribution in [2.75, 3.05) is 4.90 Å². The lowest BCUT2D eigenvalue weighted by atomic mass is 9.95. The van der Waals surface area contributed by atoms with Gasteiger partial charge < -0.3 is 5.11 Å². The first-order valence-corrected chi connectivity index (χ1v) is 9.64. The molecule has 0 saturated carbocycles. The molecule has 4 rings (SSSR count). The predicted molar refractivity (Wildman–Crippen MR) is 112 cm³/mol. The van der Waals surface area contributed by atoms with Gasteiger partial charge in [-0.05, 0) is 42.0 Å². The summed E-state index contributed by atoms with van der Waals surface area (Å²) in [7, 11) is 0. The molecule has 1 unspecified atom stereocenters. The molecule has 6 heteroatoms. The van der Waals surface area contributed by atoms with Crippen LogP contribution >= 0.6 is 15.9 Å². The van der Waals surface area contributed by atoms with Crippen molar-refractivity contribution in [2.24, 2.45) is 0 Å². The summed E-state index contributed by atoms with van der Waals surface area (Å²) in [6.07, 6.45) is 0. The van der Waals surface area contributed by atoms with Crippen LogP contribution in [-0.2, 0) is 9.59 Å². The number of rotatable bonds is 3. The Bertz CT molecular complexity index is 1110. The third kappa shape index (κ3) is 3.47. The van der Waals surface area contributed by atoms with Gasteiger partial charge in [0.15, 0.2) is 0 Å². The van der Waals surface area contributed by atoms with Gasteiger partial charge in [0.05, 0.1) is 11.6 Å². The molecule has 3 aromatic rings. The molecule has 1 heterocycles. The Kier molecular flexibility index (Phi) is 5.03. The molecular formula is C23H15BrFNO3. The monoisotopic (exact) mass is 451 g/mol. The quantitative estimate of drug-likeness (QED) is 0.337. The van der Waals surface area contributed by atoms with E-state index in [2.05, 4.69) is 15.9 Å². The number of Topliss-reactive ketones (excluding diaryl/α,β-unsaturated/α-hetero) is 1. The Labute approximate surface area is 175 Å². The molecular weight excluding hydrogens is 437 g/mol. The number of hydrogen-bond donors (Lipinski definition) is 1. The van der Waals surface area contributed by atoms with E-state index in [0.717, 1.165) is 4.47 Å². The molecule has 1 N–H and O–H groups in total. The van der Waals surface area contributed by atoms with Gasteiger partial charge in [0.25, 0.3) is 11.7 Å². The number of benzene rings is 3. The molecule has 0 spiro atoms. The van der Waals surface area contributed by atoms with Gasteiger partial charge in [-0.3, -0.25) is 14.5 Å². The number of aliphatic hydroxyl groups is 1. The van der Waals surface area contributed by atoms with Crippen LogP contribution in [0.25, 0.3) is 5.76 Å². The Hall–Kier alpha value is -3.25. The molecule has 0 radical (unpaired) electrons. The summed E-state index contributed by atoms with van der Waals surface area (Å²) in [5.41, 5.74) is 1.41. The molecule has 1 fully saturated rings. The number of nitrogens with zero attached hydrogens (tertiary/aromatic N) is 1. The van der Waals surface area contributed by atoms with Gasteiger partial charge >= 0.3 is 0 Å². The molecule has 1 aliphatic heterocycles. The van der Waals surface area contributed by atoms with Crippen molar-refractivity contribution < 1.29 is 19.1 Å². The Morgan fingerprint density at radius 3 is 2.14 bits per heavy atom. The van der Waals surface area contributed by atoms with Crippen LogP contribution < -0.4 is 4.90 Å². The van der Waals surface area contributed by atoms with Crippen LogP contribution in [0.15, 0.2) is 88.9 Å². The molecule has 0 bridgehead atoms. The fourth-order valence-electron chi connectivity index (χ4n) is 3.41. The minimum atomic E-state index is -0.878. The van der Waals surface area contributed by atoms with E-state index in [0.29, 0.717) is 16.8 Å². The SMILES string of the molecule is O=C1C(=O)N(c2ccc(Br)cc2)C(c2ccc(F)cc2)/C1=C(\O)c1ccccc1. The molecule has 0 aliphatic carbocycles. The van der Waals surface area contributed by atoms with Crippen LogP contribution in [0.5, 0.6) is 0 Å². The van der Waals surface area contributed by atoms with Crippen molar-refractivity contribution in [3.8, 4) is 0 Å². The fraction of sp³-hybridized carbons (Fsp3) is 0.0435. The molecule has 1 aliphatic rings. The largest absolute Gasteiger partial charge is 0.507 e. The van der Waals surface area contributed by atoms with Gasteiger partial charge in [-0.25, -0.2) is 4.39 Å². The Balaban J connectivity index is 1.94. The molecule has 1 amide bonds. The van der Waals surface area contributed by atoms with Gasteiger partial charge in [-0.1, -0.05) is 58.4 Å². The number of anilines is 1. The third-order valence-corrected chi connectivity index (χ3v) is 5.31. The van der Waals surface area contributed by atoms with Crippen LogP contribution in [0.4, 0.5) is 10.1 Å². The molecule has 144 valence electrons. The average molecular weight is 452 g/mol. The molecule has 29 heavy (non-hydrogen) atoms. The van der Waals surface area contributed by atoms with Gasteiger partial charge in [-0.15, -0.1) is 0 Å². The normalized spacial score (nSPS) is 18.3. The molecule has 1 atom stereocenters. The highest BCUT2D eigenvalue weighted by Crippen LogP contribution is 2.42. The number of carbonyl (C=O) groups is 2. The summed E-state index contributed by atoms with van der Waals surface area (Å²) in [5.74, 6) is -2.24. The highest BCUT2D eigenvalue weighted by atomic mass is 79.9. The first-order chi connectivity index (χ1) is 14.0. The number of amides is 1. The van der Waals surface area contributed by atoms with Crippen LogP contribution in [-0.4, -0.2) is 16.8 Å². The summed E-state index contributed by atoms with van der Waals surface area (Å²) in [5, 5.41) is 10.9. The fourth-order valence-corrected chi connectivity index (χ4v) is 3.68. The second-order valence-corrected chi connectivity index (χ2v) is 7.48. The zero-order valence-electron chi connectivity index (χ0n) is 15.0. The highest BCUT2D eigenvalue weighted by Gasteiger charge is 2.46. The summed E-state index contributed by atoms with van der Waals surface area (Å²) in [6.45, 7) is 0. The maximum atomic E-state index is 13.5. The van der Waals surface area contributed by atoms with Crippen LogP contribution in [0.1, 0.15) is 17.2 Å². The smallest absolute Gasteiger partial charge is 0.300 e. The van der Waals surface area contributed by atoms with Gasteiger partial charge in [0.1, 0.15) is 11.6 Å². The third-order valence-electron chi connectivity index (χ3n) is 4.78. The van der Waals surface area contributed by atoms with Crippen molar-refractivity contribution >= 4 is 39.1 Å². The van der Waals surface area contributed by atoms with E-state index in [4.69, 9.17) is 0 Å². The molecule has 0 aromatic heterocycles. The first-order valence-electron chi connectivity index (χ1n) is 8.85. The summed E-state index contributed by atoms with van der Waals surface area (Å²) < 4.78 is 14.3. The molecule has 4 nitrogen and oxygen atoms in total. The van der Waals surface area contributed by atoms with E-state index in [1.807, 2.05) is 0 Å². The maximum Gasteiger partial charge on any atom is 0.300 e. The lowest BCUT2D eigenvalue weighted by Crippen LogP contribution is -2.29. The van der Waals surface area contributed by atoms with Crippen molar-refractivity contribution in [3.63, 3.8) is 0 Å². The van der Waals surface area contributed by atoms with Gasteiger partial charge in [0, 0.05) is 15.7 Å². The summed E-state index contributed by atoms with van der Waals surface area (Å²) in [4.78, 5) is 27.2. The minimum Gasteiger partial charge on any atom is -0.507 e. The van der Waals surface area contributed by atoms with Crippen LogP contribution in [0.3, 0.4) is 0 Å². The summed E-state index contributed by atoms with van der Waals surface area (Å²) >= 11 is 3.35. The lowest BCUT2D eigenvalue weighted by Gasteiger charge is -2.25. The van der Waals surface area contributed by atoms with Gasteiger partial charge in [-0.2, -0.15) is 0 Å². The topological polar surface area (TPSA) is 57.6 Å². The number of ketones is 1. The van der Waals surface area contributed by atoms with Crippen molar-refractivity contribution in [2.45, 2.75) is 6.04 Å². The zero-order valence-corrected chi connectivity index (χ0v) is 16.6. The molecule has 3 aromatic carbocycles. The first kappa shape index (κ1) is 19.1. The number of aliphatic hydroxyl groups excluding tert-OH is 1. The highest BCUT2D eigenvalue weighted by molar-refractivity contribution is 9.10. The number of halogens is 2. The van der Waals surface area contributed by atoms with E-state index in [9.17, 15) is 19.1 Å². The zero-order chi connectivity index (χ0) is 20.5. The van der Waals surface area contributed by atoms with Crippen LogP contribution in [0, 0.1) is 5.82 Å². The van der Waals surface area contributed by atoms with E-state index in [1.165, 1.54) is 29.2 Å². The second-order valence-electron chi connectivity index (χ2n) is 6.56. The van der Waals surface area contributed by atoms with E-state index in [1.54, 1.807) is 54.6 Å². The second kappa shape index (κ2) is 7.64. The van der Waals surface area contributed by atoms with Crippen molar-refractivity contribution in [3.05, 3.63) is 106 Å². The number of hydrogen-bond acceptors (Lipinski definition) is 3. The van der Waals surface area contributed by atoms with E-state index < -0.39 is 23.5 Å². The van der Waals surface area contributed by atoms with Gasteiger partial charge in [0.2, 0.25) is 0 Å². The average Bonchev–Trinajstić information content (AvgIpc) is 3.00. The van der Waals surface area contributed by atoms with Crippen molar-refractivity contribution in [1.29, 1.82) is 0 Å². The Morgan fingerprint density at radius 1 is 0.897 bits per heavy atom. The predicted octanol–water partition coefficient (Wildman–Crippen LogP) is 5.21.